The van der Waals surface area contributed by atoms with Crippen LogP contribution in [0.1, 0.15) is 31.1 Å². The summed E-state index contributed by atoms with van der Waals surface area (Å²) >= 11 is 0. The molecular formula is C14H18O5. The number of hydrogen-bond acceptors (Lipinski definition) is 4. The Morgan fingerprint density at radius 1 is 1.26 bits per heavy atom. The average molecular weight is 266 g/mol. The summed E-state index contributed by atoms with van der Waals surface area (Å²) in [7, 11) is 1.47. The van der Waals surface area contributed by atoms with E-state index in [1.165, 1.54) is 14.0 Å². The number of carbonyl (C=O) groups excluding carboxylic acids is 1. The Bertz CT molecular complexity index is 491. The molecule has 0 spiro atoms. The van der Waals surface area contributed by atoms with E-state index in [1.807, 2.05) is 0 Å². The molecule has 0 bridgehead atoms. The van der Waals surface area contributed by atoms with E-state index in [9.17, 15) is 9.59 Å². The molecule has 0 aromatic heterocycles. The SMILES string of the molecule is COc1cc(C(C)=O)ccc1OCC(C)(C)C(=O)O. The summed E-state index contributed by atoms with van der Waals surface area (Å²) in [6.07, 6.45) is 0. The summed E-state index contributed by atoms with van der Waals surface area (Å²) in [4.78, 5) is 22.2. The zero-order valence-corrected chi connectivity index (χ0v) is 11.5. The molecule has 0 saturated heterocycles. The van der Waals surface area contributed by atoms with Gasteiger partial charge in [0.1, 0.15) is 6.61 Å². The largest absolute Gasteiger partial charge is 0.493 e. The lowest BCUT2D eigenvalue weighted by molar-refractivity contribution is -0.148. The second-order valence-electron chi connectivity index (χ2n) is 4.90. The van der Waals surface area contributed by atoms with Crippen LogP contribution in [0, 0.1) is 5.41 Å². The Morgan fingerprint density at radius 2 is 1.89 bits per heavy atom. The standard InChI is InChI=1S/C14H18O5/c1-9(15)10-5-6-11(12(7-10)18-4)19-8-14(2,3)13(16)17/h5-7H,8H2,1-4H3,(H,16,17). The van der Waals surface area contributed by atoms with Gasteiger partial charge in [-0.05, 0) is 39.0 Å². The minimum atomic E-state index is -0.996. The Hall–Kier alpha value is -2.04. The summed E-state index contributed by atoms with van der Waals surface area (Å²) in [5, 5.41) is 9.01. The lowest BCUT2D eigenvalue weighted by Gasteiger charge is -2.20. The fraction of sp³-hybridized carbons (Fsp3) is 0.429. The molecule has 0 atom stereocenters. The molecule has 19 heavy (non-hydrogen) atoms. The van der Waals surface area contributed by atoms with E-state index in [0.717, 1.165) is 0 Å². The van der Waals surface area contributed by atoms with Crippen LogP contribution in [0.15, 0.2) is 18.2 Å². The second-order valence-corrected chi connectivity index (χ2v) is 4.90. The van der Waals surface area contributed by atoms with Crippen LogP contribution in [0.3, 0.4) is 0 Å². The van der Waals surface area contributed by atoms with Gasteiger partial charge in [-0.3, -0.25) is 9.59 Å². The summed E-state index contributed by atoms with van der Waals surface area (Å²) in [6.45, 7) is 4.62. The molecule has 1 aromatic carbocycles. The second kappa shape index (κ2) is 5.73. The molecule has 0 saturated carbocycles. The summed E-state index contributed by atoms with van der Waals surface area (Å²) < 4.78 is 10.6. The first kappa shape index (κ1) is 15.0. The predicted molar refractivity (Wildman–Crippen MR) is 69.9 cm³/mol. The summed E-state index contributed by atoms with van der Waals surface area (Å²) in [5.41, 5.74) is -0.480. The monoisotopic (exact) mass is 266 g/mol. The van der Waals surface area contributed by atoms with Gasteiger partial charge in [0.2, 0.25) is 0 Å². The van der Waals surface area contributed by atoms with Crippen molar-refractivity contribution in [3.8, 4) is 11.5 Å². The minimum Gasteiger partial charge on any atom is -0.493 e. The zero-order chi connectivity index (χ0) is 14.6. The number of aliphatic carboxylic acids is 1. The molecule has 104 valence electrons. The van der Waals surface area contributed by atoms with Crippen LogP contribution in [0.25, 0.3) is 0 Å². The van der Waals surface area contributed by atoms with Gasteiger partial charge in [-0.1, -0.05) is 0 Å². The van der Waals surface area contributed by atoms with Gasteiger partial charge >= 0.3 is 5.97 Å². The van der Waals surface area contributed by atoms with Crippen LogP contribution < -0.4 is 9.47 Å². The maximum Gasteiger partial charge on any atom is 0.312 e. The van der Waals surface area contributed by atoms with Crippen molar-refractivity contribution >= 4 is 11.8 Å². The van der Waals surface area contributed by atoms with Crippen molar-refractivity contribution in [1.29, 1.82) is 0 Å². The number of carbonyl (C=O) groups is 2. The van der Waals surface area contributed by atoms with Crippen LogP contribution in [0.5, 0.6) is 11.5 Å². The molecule has 0 heterocycles. The van der Waals surface area contributed by atoms with E-state index >= 15 is 0 Å². The molecule has 0 unspecified atom stereocenters. The molecule has 1 rings (SSSR count). The molecule has 1 aromatic rings. The van der Waals surface area contributed by atoms with E-state index in [2.05, 4.69) is 0 Å². The third kappa shape index (κ3) is 3.71. The number of Topliss-reactive ketones (excluding diaryl/α,β-unsaturated/α-hetero) is 1. The topological polar surface area (TPSA) is 72.8 Å². The fourth-order valence-electron chi connectivity index (χ4n) is 1.33. The molecule has 0 aliphatic heterocycles. The Balaban J connectivity index is 2.90. The first-order valence-electron chi connectivity index (χ1n) is 5.83. The fourth-order valence-corrected chi connectivity index (χ4v) is 1.33. The van der Waals surface area contributed by atoms with E-state index in [1.54, 1.807) is 32.0 Å². The van der Waals surface area contributed by atoms with Crippen LogP contribution >= 0.6 is 0 Å². The van der Waals surface area contributed by atoms with Gasteiger partial charge in [0.15, 0.2) is 17.3 Å². The normalized spacial score (nSPS) is 10.9. The zero-order valence-electron chi connectivity index (χ0n) is 11.5. The molecular weight excluding hydrogens is 248 g/mol. The number of hydrogen-bond donors (Lipinski definition) is 1. The molecule has 5 nitrogen and oxygen atoms in total. The van der Waals surface area contributed by atoms with Crippen molar-refractivity contribution in [2.75, 3.05) is 13.7 Å². The highest BCUT2D eigenvalue weighted by molar-refractivity contribution is 5.94. The van der Waals surface area contributed by atoms with Crippen molar-refractivity contribution in [3.63, 3.8) is 0 Å². The van der Waals surface area contributed by atoms with E-state index in [-0.39, 0.29) is 12.4 Å². The maximum absolute atomic E-state index is 11.3. The lowest BCUT2D eigenvalue weighted by Crippen LogP contribution is -2.30. The van der Waals surface area contributed by atoms with E-state index < -0.39 is 11.4 Å². The number of rotatable bonds is 6. The summed E-state index contributed by atoms with van der Waals surface area (Å²) in [5.74, 6) is -0.182. The van der Waals surface area contributed by atoms with Gasteiger partial charge in [-0.25, -0.2) is 0 Å². The molecule has 5 heteroatoms. The molecule has 0 radical (unpaired) electrons. The summed E-state index contributed by atoms with van der Waals surface area (Å²) in [6, 6.07) is 4.80. The maximum atomic E-state index is 11.3. The first-order valence-corrected chi connectivity index (χ1v) is 5.83. The molecule has 0 amide bonds. The van der Waals surface area contributed by atoms with Crippen molar-refractivity contribution in [3.05, 3.63) is 23.8 Å². The highest BCUT2D eigenvalue weighted by Gasteiger charge is 2.28. The van der Waals surface area contributed by atoms with Gasteiger partial charge in [-0.2, -0.15) is 0 Å². The number of methoxy groups -OCH3 is 1. The van der Waals surface area contributed by atoms with E-state index in [4.69, 9.17) is 14.6 Å². The number of ketones is 1. The highest BCUT2D eigenvalue weighted by Crippen LogP contribution is 2.30. The van der Waals surface area contributed by atoms with Gasteiger partial charge in [0.25, 0.3) is 0 Å². The Labute approximate surface area is 112 Å². The average Bonchev–Trinajstić information content (AvgIpc) is 2.35. The van der Waals surface area contributed by atoms with Gasteiger partial charge in [0.05, 0.1) is 12.5 Å². The molecule has 1 N–H and O–H groups in total. The van der Waals surface area contributed by atoms with Crippen molar-refractivity contribution in [2.24, 2.45) is 5.41 Å². The van der Waals surface area contributed by atoms with E-state index in [0.29, 0.717) is 17.1 Å². The highest BCUT2D eigenvalue weighted by atomic mass is 16.5. The Morgan fingerprint density at radius 3 is 2.37 bits per heavy atom. The predicted octanol–water partition coefficient (Wildman–Crippen LogP) is 2.39. The number of benzene rings is 1. The van der Waals surface area contributed by atoms with Gasteiger partial charge in [-0.15, -0.1) is 0 Å². The third-order valence-corrected chi connectivity index (χ3v) is 2.74. The number of carboxylic acids is 1. The van der Waals surface area contributed by atoms with Crippen LogP contribution in [0.2, 0.25) is 0 Å². The van der Waals surface area contributed by atoms with Crippen LogP contribution in [-0.2, 0) is 4.79 Å². The van der Waals surface area contributed by atoms with Gasteiger partial charge < -0.3 is 14.6 Å². The van der Waals surface area contributed by atoms with Crippen molar-refractivity contribution < 1.29 is 24.2 Å². The van der Waals surface area contributed by atoms with Crippen molar-refractivity contribution in [1.82, 2.24) is 0 Å². The molecule has 0 aliphatic rings. The van der Waals surface area contributed by atoms with Crippen LogP contribution in [-0.4, -0.2) is 30.6 Å². The first-order chi connectivity index (χ1) is 8.77. The van der Waals surface area contributed by atoms with Crippen molar-refractivity contribution in [2.45, 2.75) is 20.8 Å². The molecule has 0 aliphatic carbocycles. The quantitative estimate of drug-likeness (QED) is 0.800. The van der Waals surface area contributed by atoms with Crippen LogP contribution in [0.4, 0.5) is 0 Å². The smallest absolute Gasteiger partial charge is 0.312 e. The third-order valence-electron chi connectivity index (χ3n) is 2.74. The van der Waals surface area contributed by atoms with Gasteiger partial charge in [0, 0.05) is 5.56 Å². The number of carboxylic acid groups (broad SMARTS) is 1. The lowest BCUT2D eigenvalue weighted by atomic mass is 9.95. The Kier molecular flexibility index (Phi) is 4.53. The minimum absolute atomic E-state index is 0.0120. The molecule has 0 fully saturated rings. The number of ether oxygens (including phenoxy) is 2.